The number of unbranched alkanes of at least 4 members (excludes halogenated alkanes) is 2. The van der Waals surface area contributed by atoms with Crippen molar-refractivity contribution in [2.75, 3.05) is 6.54 Å². The molecule has 1 saturated heterocycles. The summed E-state index contributed by atoms with van der Waals surface area (Å²) in [5.41, 5.74) is -0.524. The van der Waals surface area contributed by atoms with Crippen molar-refractivity contribution in [2.45, 2.75) is 91.7 Å². The zero-order chi connectivity index (χ0) is 17.6. The molecule has 0 saturated carbocycles. The first-order chi connectivity index (χ1) is 10.6. The summed E-state index contributed by atoms with van der Waals surface area (Å²) in [6, 6.07) is -0.298. The summed E-state index contributed by atoms with van der Waals surface area (Å²) in [4.78, 5) is 26.7. The van der Waals surface area contributed by atoms with E-state index in [1.807, 2.05) is 20.8 Å². The molecule has 1 aliphatic heterocycles. The number of carbonyl (C=O) groups excluding carboxylic acids is 2. The van der Waals surface area contributed by atoms with Gasteiger partial charge in [0.1, 0.15) is 5.60 Å². The first-order valence-electron chi connectivity index (χ1n) is 9.16. The molecule has 134 valence electrons. The van der Waals surface area contributed by atoms with Crippen molar-refractivity contribution in [3.8, 4) is 0 Å². The Bertz CT molecular complexity index is 400. The molecule has 0 spiro atoms. The summed E-state index contributed by atoms with van der Waals surface area (Å²) in [6.45, 7) is 12.6. The molecule has 1 rings (SSSR count). The van der Waals surface area contributed by atoms with Crippen molar-refractivity contribution in [3.63, 3.8) is 0 Å². The van der Waals surface area contributed by atoms with E-state index in [4.69, 9.17) is 4.74 Å². The second-order valence-corrected chi connectivity index (χ2v) is 8.26. The van der Waals surface area contributed by atoms with Gasteiger partial charge in [-0.25, -0.2) is 4.79 Å². The number of ketones is 1. The number of ether oxygens (including phenoxy) is 1. The second-order valence-electron chi connectivity index (χ2n) is 8.26. The third-order valence-electron chi connectivity index (χ3n) is 4.36. The maximum absolute atomic E-state index is 12.7. The number of Topliss-reactive ketones (excluding diaryl/α,β-unsaturated/α-hetero) is 1. The number of hydrogen-bond donors (Lipinski definition) is 0. The average molecular weight is 325 g/mol. The van der Waals surface area contributed by atoms with Crippen LogP contribution in [0.1, 0.15) is 80.1 Å². The van der Waals surface area contributed by atoms with Crippen LogP contribution < -0.4 is 0 Å². The van der Waals surface area contributed by atoms with Gasteiger partial charge in [-0.05, 0) is 39.0 Å². The molecule has 0 aromatic carbocycles. The molecule has 1 fully saturated rings. The van der Waals surface area contributed by atoms with Gasteiger partial charge < -0.3 is 4.74 Å². The summed E-state index contributed by atoms with van der Waals surface area (Å²) in [5.74, 6) is 0.946. The first kappa shape index (κ1) is 20.0. The minimum absolute atomic E-state index is 0.198. The number of hydrogen-bond acceptors (Lipinski definition) is 3. The normalized spacial score (nSPS) is 23.0. The van der Waals surface area contributed by atoms with Crippen LogP contribution >= 0.6 is 0 Å². The van der Waals surface area contributed by atoms with Crippen LogP contribution in [-0.4, -0.2) is 35.0 Å². The van der Waals surface area contributed by atoms with E-state index in [1.165, 1.54) is 19.3 Å². The third kappa shape index (κ3) is 6.92. The lowest BCUT2D eigenvalue weighted by molar-refractivity contribution is -0.124. The van der Waals surface area contributed by atoms with E-state index in [9.17, 15) is 9.59 Å². The van der Waals surface area contributed by atoms with E-state index in [0.29, 0.717) is 24.8 Å². The lowest BCUT2D eigenvalue weighted by Crippen LogP contribution is -2.43. The van der Waals surface area contributed by atoms with Gasteiger partial charge in [0.05, 0.1) is 6.04 Å². The van der Waals surface area contributed by atoms with E-state index in [-0.39, 0.29) is 17.9 Å². The van der Waals surface area contributed by atoms with Crippen molar-refractivity contribution in [1.29, 1.82) is 0 Å². The summed E-state index contributed by atoms with van der Waals surface area (Å²) in [7, 11) is 0. The maximum atomic E-state index is 12.7. The van der Waals surface area contributed by atoms with Gasteiger partial charge in [-0.1, -0.05) is 46.5 Å². The summed E-state index contributed by atoms with van der Waals surface area (Å²) >= 11 is 0. The number of likely N-dealkylation sites (tertiary alicyclic amines) is 1. The Labute approximate surface area is 141 Å². The minimum atomic E-state index is -0.524. The van der Waals surface area contributed by atoms with Crippen molar-refractivity contribution in [2.24, 2.45) is 11.8 Å². The van der Waals surface area contributed by atoms with Crippen LogP contribution in [-0.2, 0) is 9.53 Å². The maximum Gasteiger partial charge on any atom is 0.410 e. The Balaban J connectivity index is 2.60. The first-order valence-corrected chi connectivity index (χ1v) is 9.16. The van der Waals surface area contributed by atoms with Gasteiger partial charge in [0.15, 0.2) is 5.78 Å². The Morgan fingerprint density at radius 2 is 1.91 bits per heavy atom. The van der Waals surface area contributed by atoms with Crippen molar-refractivity contribution < 1.29 is 14.3 Å². The van der Waals surface area contributed by atoms with E-state index < -0.39 is 5.60 Å². The topological polar surface area (TPSA) is 46.6 Å². The van der Waals surface area contributed by atoms with Gasteiger partial charge in [-0.3, -0.25) is 9.69 Å². The quantitative estimate of drug-likeness (QED) is 0.631. The van der Waals surface area contributed by atoms with Crippen LogP contribution in [0.4, 0.5) is 4.79 Å². The lowest BCUT2D eigenvalue weighted by atomic mass is 9.93. The number of nitrogens with zero attached hydrogens (tertiary/aromatic N) is 1. The SMILES string of the molecule is CCCCC[C@@H](C)CC(=O)[C@@H]1C[C@@H](C)CN1C(=O)OC(C)(C)C. The monoisotopic (exact) mass is 325 g/mol. The zero-order valence-electron chi connectivity index (χ0n) is 15.9. The molecule has 1 amide bonds. The van der Waals surface area contributed by atoms with Gasteiger partial charge in [-0.15, -0.1) is 0 Å². The Morgan fingerprint density at radius 3 is 2.48 bits per heavy atom. The third-order valence-corrected chi connectivity index (χ3v) is 4.36. The molecule has 1 heterocycles. The largest absolute Gasteiger partial charge is 0.444 e. The number of rotatable bonds is 7. The number of carbonyl (C=O) groups is 2. The van der Waals surface area contributed by atoms with E-state index >= 15 is 0 Å². The van der Waals surface area contributed by atoms with Gasteiger partial charge >= 0.3 is 6.09 Å². The van der Waals surface area contributed by atoms with Crippen LogP contribution in [0.25, 0.3) is 0 Å². The Kier molecular flexibility index (Phi) is 7.56. The summed E-state index contributed by atoms with van der Waals surface area (Å²) in [6.07, 6.45) is 5.69. The van der Waals surface area contributed by atoms with Crippen LogP contribution in [0.5, 0.6) is 0 Å². The molecule has 23 heavy (non-hydrogen) atoms. The molecular weight excluding hydrogens is 290 g/mol. The molecule has 0 N–H and O–H groups in total. The Hall–Kier alpha value is -1.06. The molecule has 0 radical (unpaired) electrons. The number of amides is 1. The Morgan fingerprint density at radius 1 is 1.26 bits per heavy atom. The van der Waals surface area contributed by atoms with E-state index in [1.54, 1.807) is 4.90 Å². The predicted octanol–water partition coefficient (Wildman–Crippen LogP) is 4.81. The van der Waals surface area contributed by atoms with Crippen LogP contribution in [0.3, 0.4) is 0 Å². The van der Waals surface area contributed by atoms with Gasteiger partial charge in [0.2, 0.25) is 0 Å². The highest BCUT2D eigenvalue weighted by Gasteiger charge is 2.39. The fourth-order valence-corrected chi connectivity index (χ4v) is 3.20. The highest BCUT2D eigenvalue weighted by atomic mass is 16.6. The second kappa shape index (κ2) is 8.70. The molecular formula is C19H35NO3. The molecule has 3 atom stereocenters. The summed E-state index contributed by atoms with van der Waals surface area (Å²) in [5, 5.41) is 0. The average Bonchev–Trinajstić information content (AvgIpc) is 2.79. The fraction of sp³-hybridized carbons (Fsp3) is 0.895. The minimum Gasteiger partial charge on any atom is -0.444 e. The van der Waals surface area contributed by atoms with E-state index in [0.717, 1.165) is 12.8 Å². The smallest absolute Gasteiger partial charge is 0.410 e. The molecule has 4 heteroatoms. The van der Waals surface area contributed by atoms with Crippen LogP contribution in [0.15, 0.2) is 0 Å². The standard InChI is InChI=1S/C19H35NO3/c1-7-8-9-10-14(2)12-17(21)16-11-15(3)13-20(16)18(22)23-19(4,5)6/h14-16H,7-13H2,1-6H3/t14-,15-,16+/m1/s1. The molecule has 0 bridgehead atoms. The van der Waals surface area contributed by atoms with Crippen LogP contribution in [0.2, 0.25) is 0 Å². The molecule has 0 aliphatic carbocycles. The van der Waals surface area contributed by atoms with Gasteiger partial charge in [0.25, 0.3) is 0 Å². The fourth-order valence-electron chi connectivity index (χ4n) is 3.20. The van der Waals surface area contributed by atoms with Crippen molar-refractivity contribution in [1.82, 2.24) is 4.90 Å². The molecule has 4 nitrogen and oxygen atoms in total. The zero-order valence-corrected chi connectivity index (χ0v) is 15.9. The molecule has 0 aromatic rings. The predicted molar refractivity (Wildman–Crippen MR) is 93.4 cm³/mol. The molecule has 1 aliphatic rings. The van der Waals surface area contributed by atoms with Crippen molar-refractivity contribution in [3.05, 3.63) is 0 Å². The molecule has 0 unspecified atom stereocenters. The highest BCUT2D eigenvalue weighted by molar-refractivity contribution is 5.88. The molecule has 0 aromatic heterocycles. The van der Waals surface area contributed by atoms with Crippen LogP contribution in [0, 0.1) is 11.8 Å². The summed E-state index contributed by atoms with van der Waals surface area (Å²) < 4.78 is 5.47. The lowest BCUT2D eigenvalue weighted by Gasteiger charge is -2.28. The van der Waals surface area contributed by atoms with Gasteiger partial charge in [-0.2, -0.15) is 0 Å². The van der Waals surface area contributed by atoms with Crippen molar-refractivity contribution >= 4 is 11.9 Å². The van der Waals surface area contributed by atoms with Gasteiger partial charge in [0, 0.05) is 13.0 Å². The highest BCUT2D eigenvalue weighted by Crippen LogP contribution is 2.28. The van der Waals surface area contributed by atoms with E-state index in [2.05, 4.69) is 20.8 Å².